The van der Waals surface area contributed by atoms with Crippen LogP contribution in [0, 0.1) is 0 Å². The Bertz CT molecular complexity index is 476. The smallest absolute Gasteiger partial charge is 0.220 e. The predicted molar refractivity (Wildman–Crippen MR) is 78.7 cm³/mol. The number of carbonyl (C=O) groups excluding carboxylic acids is 1. The maximum absolute atomic E-state index is 11.5. The molecule has 0 aromatic heterocycles. The van der Waals surface area contributed by atoms with E-state index in [-0.39, 0.29) is 5.91 Å². The first-order valence-electron chi connectivity index (χ1n) is 7.05. The second kappa shape index (κ2) is 7.39. The summed E-state index contributed by atoms with van der Waals surface area (Å²) in [6.45, 7) is 3.75. The molecular formula is C15H20ClNO3. The summed E-state index contributed by atoms with van der Waals surface area (Å²) in [4.78, 5) is 11.5. The molecule has 0 bridgehead atoms. The van der Waals surface area contributed by atoms with E-state index in [1.54, 1.807) is 0 Å². The first-order chi connectivity index (χ1) is 9.70. The van der Waals surface area contributed by atoms with Gasteiger partial charge in [0.1, 0.15) is 13.2 Å². The Morgan fingerprint density at radius 1 is 1.35 bits per heavy atom. The standard InChI is InChI=1S/C15H20ClNO3/c1-2-3-4-14(18)17-6-5-11-9-12(16)15-13(10-11)19-7-8-20-15/h9-10H,2-8H2,1H3,(H,17,18). The SMILES string of the molecule is CCCCC(=O)NCCc1cc(Cl)c2c(c1)OCCO2. The van der Waals surface area contributed by atoms with Crippen molar-refractivity contribution in [2.24, 2.45) is 0 Å². The molecule has 1 heterocycles. The van der Waals surface area contributed by atoms with Crippen LogP contribution < -0.4 is 14.8 Å². The summed E-state index contributed by atoms with van der Waals surface area (Å²) in [5.41, 5.74) is 1.04. The van der Waals surface area contributed by atoms with Crippen molar-refractivity contribution >= 4 is 17.5 Å². The van der Waals surface area contributed by atoms with Crippen LogP contribution in [0.2, 0.25) is 5.02 Å². The van der Waals surface area contributed by atoms with Gasteiger partial charge in [0.2, 0.25) is 5.91 Å². The molecule has 0 saturated heterocycles. The fourth-order valence-electron chi connectivity index (χ4n) is 2.08. The van der Waals surface area contributed by atoms with Gasteiger partial charge in [-0.25, -0.2) is 0 Å². The number of unbranched alkanes of at least 4 members (excludes halogenated alkanes) is 1. The van der Waals surface area contributed by atoms with Crippen LogP contribution in [0.3, 0.4) is 0 Å². The van der Waals surface area contributed by atoms with Gasteiger partial charge in [-0.15, -0.1) is 0 Å². The molecule has 0 fully saturated rings. The minimum absolute atomic E-state index is 0.107. The van der Waals surface area contributed by atoms with Gasteiger partial charge in [-0.3, -0.25) is 4.79 Å². The third kappa shape index (κ3) is 4.04. The van der Waals surface area contributed by atoms with Gasteiger partial charge in [-0.05, 0) is 30.5 Å². The molecule has 1 amide bonds. The second-order valence-corrected chi connectivity index (χ2v) is 5.21. The summed E-state index contributed by atoms with van der Waals surface area (Å²) >= 11 is 6.16. The molecule has 0 saturated carbocycles. The van der Waals surface area contributed by atoms with Crippen LogP contribution in [0.25, 0.3) is 0 Å². The zero-order valence-electron chi connectivity index (χ0n) is 11.7. The van der Waals surface area contributed by atoms with Gasteiger partial charge in [0.25, 0.3) is 0 Å². The predicted octanol–water partition coefficient (Wildman–Crippen LogP) is 2.96. The summed E-state index contributed by atoms with van der Waals surface area (Å²) in [5.74, 6) is 1.42. The zero-order chi connectivity index (χ0) is 14.4. The lowest BCUT2D eigenvalue weighted by molar-refractivity contribution is -0.121. The minimum atomic E-state index is 0.107. The van der Waals surface area contributed by atoms with Gasteiger partial charge in [0, 0.05) is 13.0 Å². The van der Waals surface area contributed by atoms with Crippen LogP contribution in [0.5, 0.6) is 11.5 Å². The van der Waals surface area contributed by atoms with E-state index in [4.69, 9.17) is 21.1 Å². The summed E-state index contributed by atoms with van der Waals surface area (Å²) in [7, 11) is 0. The lowest BCUT2D eigenvalue weighted by Gasteiger charge is -2.20. The highest BCUT2D eigenvalue weighted by molar-refractivity contribution is 6.32. The van der Waals surface area contributed by atoms with Crippen molar-refractivity contribution in [1.82, 2.24) is 5.32 Å². The molecule has 0 aliphatic carbocycles. The molecular weight excluding hydrogens is 278 g/mol. The van der Waals surface area contributed by atoms with Crippen molar-refractivity contribution in [3.63, 3.8) is 0 Å². The Morgan fingerprint density at radius 2 is 2.15 bits per heavy atom. The average molecular weight is 298 g/mol. The molecule has 0 spiro atoms. The minimum Gasteiger partial charge on any atom is -0.486 e. The first kappa shape index (κ1) is 15.0. The fraction of sp³-hybridized carbons (Fsp3) is 0.533. The van der Waals surface area contributed by atoms with Gasteiger partial charge in [0.05, 0.1) is 5.02 Å². The summed E-state index contributed by atoms with van der Waals surface area (Å²) < 4.78 is 11.0. The fourth-order valence-corrected chi connectivity index (χ4v) is 2.37. The highest BCUT2D eigenvalue weighted by Gasteiger charge is 2.16. The van der Waals surface area contributed by atoms with Crippen LogP contribution in [0.4, 0.5) is 0 Å². The topological polar surface area (TPSA) is 47.6 Å². The van der Waals surface area contributed by atoms with Crippen molar-refractivity contribution in [1.29, 1.82) is 0 Å². The van der Waals surface area contributed by atoms with Crippen LogP contribution >= 0.6 is 11.6 Å². The van der Waals surface area contributed by atoms with Crippen molar-refractivity contribution in [3.05, 3.63) is 22.7 Å². The molecule has 20 heavy (non-hydrogen) atoms. The maximum atomic E-state index is 11.5. The maximum Gasteiger partial charge on any atom is 0.220 e. The first-order valence-corrected chi connectivity index (χ1v) is 7.43. The van der Waals surface area contributed by atoms with Gasteiger partial charge in [-0.1, -0.05) is 24.9 Å². The summed E-state index contributed by atoms with van der Waals surface area (Å²) in [5, 5.41) is 3.48. The molecule has 110 valence electrons. The molecule has 1 aromatic rings. The number of benzene rings is 1. The van der Waals surface area contributed by atoms with Gasteiger partial charge in [0.15, 0.2) is 11.5 Å². The Labute approximate surface area is 124 Å². The summed E-state index contributed by atoms with van der Waals surface area (Å²) in [6, 6.07) is 3.80. The van der Waals surface area contributed by atoms with E-state index in [9.17, 15) is 4.79 Å². The van der Waals surface area contributed by atoms with E-state index in [0.717, 1.165) is 24.8 Å². The van der Waals surface area contributed by atoms with Crippen LogP contribution in [-0.2, 0) is 11.2 Å². The monoisotopic (exact) mass is 297 g/mol. The molecule has 0 radical (unpaired) electrons. The number of halogens is 1. The molecule has 1 N–H and O–H groups in total. The number of fused-ring (bicyclic) bond motifs is 1. The Balaban J connectivity index is 1.87. The van der Waals surface area contributed by atoms with E-state index < -0.39 is 0 Å². The third-order valence-electron chi connectivity index (χ3n) is 3.15. The van der Waals surface area contributed by atoms with E-state index >= 15 is 0 Å². The highest BCUT2D eigenvalue weighted by Crippen LogP contribution is 2.38. The molecule has 1 aromatic carbocycles. The van der Waals surface area contributed by atoms with E-state index in [1.807, 2.05) is 12.1 Å². The van der Waals surface area contributed by atoms with E-state index in [2.05, 4.69) is 12.2 Å². The van der Waals surface area contributed by atoms with Gasteiger partial charge >= 0.3 is 0 Å². The molecule has 5 heteroatoms. The van der Waals surface area contributed by atoms with Crippen molar-refractivity contribution in [2.75, 3.05) is 19.8 Å². The summed E-state index contributed by atoms with van der Waals surface area (Å²) in [6.07, 6.45) is 3.29. The lowest BCUT2D eigenvalue weighted by atomic mass is 10.1. The molecule has 0 unspecified atom stereocenters. The second-order valence-electron chi connectivity index (χ2n) is 4.81. The van der Waals surface area contributed by atoms with Gasteiger partial charge < -0.3 is 14.8 Å². The van der Waals surface area contributed by atoms with Crippen molar-refractivity contribution in [2.45, 2.75) is 32.6 Å². The largest absolute Gasteiger partial charge is 0.486 e. The van der Waals surface area contributed by atoms with E-state index in [1.165, 1.54) is 0 Å². The van der Waals surface area contributed by atoms with Crippen LogP contribution in [-0.4, -0.2) is 25.7 Å². The number of ether oxygens (including phenoxy) is 2. The Morgan fingerprint density at radius 3 is 2.95 bits per heavy atom. The van der Waals surface area contributed by atoms with Gasteiger partial charge in [-0.2, -0.15) is 0 Å². The van der Waals surface area contributed by atoms with Crippen LogP contribution in [0.1, 0.15) is 31.7 Å². The highest BCUT2D eigenvalue weighted by atomic mass is 35.5. The Kier molecular flexibility index (Phi) is 5.53. The van der Waals surface area contributed by atoms with Crippen molar-refractivity contribution < 1.29 is 14.3 Å². The number of nitrogens with one attached hydrogen (secondary N) is 1. The zero-order valence-corrected chi connectivity index (χ0v) is 12.5. The third-order valence-corrected chi connectivity index (χ3v) is 3.43. The molecule has 4 nitrogen and oxygen atoms in total. The number of carbonyl (C=O) groups is 1. The number of amides is 1. The Hall–Kier alpha value is -1.42. The molecule has 1 aliphatic heterocycles. The normalized spacial score (nSPS) is 13.1. The quantitative estimate of drug-likeness (QED) is 0.878. The average Bonchev–Trinajstić information content (AvgIpc) is 2.45. The molecule has 1 aliphatic rings. The molecule has 0 atom stereocenters. The van der Waals surface area contributed by atoms with E-state index in [0.29, 0.717) is 42.7 Å². The number of rotatable bonds is 6. The van der Waals surface area contributed by atoms with Crippen molar-refractivity contribution in [3.8, 4) is 11.5 Å². The number of hydrogen-bond acceptors (Lipinski definition) is 3. The lowest BCUT2D eigenvalue weighted by Crippen LogP contribution is -2.25. The number of hydrogen-bond donors (Lipinski definition) is 1. The molecule has 2 rings (SSSR count). The van der Waals surface area contributed by atoms with Crippen LogP contribution in [0.15, 0.2) is 12.1 Å².